The molecule has 32 heavy (non-hydrogen) atoms. The molecule has 1 aliphatic rings. The smallest absolute Gasteiger partial charge is 0.243 e. The van der Waals surface area contributed by atoms with Gasteiger partial charge in [-0.15, -0.1) is 23.4 Å². The predicted molar refractivity (Wildman–Crippen MR) is 124 cm³/mol. The van der Waals surface area contributed by atoms with E-state index in [9.17, 15) is 13.2 Å². The van der Waals surface area contributed by atoms with Crippen molar-refractivity contribution in [2.24, 2.45) is 0 Å². The molecule has 1 aliphatic heterocycles. The van der Waals surface area contributed by atoms with E-state index in [0.717, 1.165) is 0 Å². The van der Waals surface area contributed by atoms with E-state index in [-0.39, 0.29) is 10.8 Å². The summed E-state index contributed by atoms with van der Waals surface area (Å²) >= 11 is 1.27. The number of morpholine rings is 1. The molecule has 0 bridgehead atoms. The number of sulfonamides is 1. The van der Waals surface area contributed by atoms with Crippen LogP contribution in [0.5, 0.6) is 0 Å². The number of nitrogens with zero attached hydrogens (tertiary/aromatic N) is 4. The maximum absolute atomic E-state index is 13.0. The Balaban J connectivity index is 1.89. The van der Waals surface area contributed by atoms with Crippen LogP contribution in [0.1, 0.15) is 6.92 Å². The van der Waals surface area contributed by atoms with Crippen LogP contribution < -0.4 is 5.32 Å². The van der Waals surface area contributed by atoms with Gasteiger partial charge in [-0.1, -0.05) is 36.0 Å². The maximum atomic E-state index is 13.0. The van der Waals surface area contributed by atoms with Gasteiger partial charge in [-0.2, -0.15) is 4.31 Å². The van der Waals surface area contributed by atoms with Gasteiger partial charge in [0.2, 0.25) is 15.9 Å². The van der Waals surface area contributed by atoms with Gasteiger partial charge in [0.1, 0.15) is 0 Å². The second-order valence-corrected chi connectivity index (χ2v) is 10.3. The number of amides is 1. The van der Waals surface area contributed by atoms with E-state index in [1.165, 1.54) is 16.1 Å². The molecule has 1 unspecified atom stereocenters. The van der Waals surface area contributed by atoms with Gasteiger partial charge in [-0.25, -0.2) is 8.42 Å². The van der Waals surface area contributed by atoms with Gasteiger partial charge < -0.3 is 10.1 Å². The standard InChI is InChI=1S/C21H27N5O4S2/c1-4-9-22-20(27)16(3)31-21-24-23-19(26(21)10-5-2)17-7-6-8-18(15-17)32(28,29)25-11-13-30-14-12-25/h4-8,15-16H,1-2,9-14H2,3H3,(H,22,27). The minimum absolute atomic E-state index is 0.136. The van der Waals surface area contributed by atoms with Crippen LogP contribution in [-0.2, 0) is 26.1 Å². The highest BCUT2D eigenvalue weighted by Gasteiger charge is 2.27. The highest BCUT2D eigenvalue weighted by Crippen LogP contribution is 2.29. The average Bonchev–Trinajstić information content (AvgIpc) is 3.20. The molecule has 1 amide bonds. The summed E-state index contributed by atoms with van der Waals surface area (Å²) in [5, 5.41) is 11.4. The van der Waals surface area contributed by atoms with Crippen molar-refractivity contribution in [3.8, 4) is 11.4 Å². The molecule has 0 radical (unpaired) electrons. The fraction of sp³-hybridized carbons (Fsp3) is 0.381. The lowest BCUT2D eigenvalue weighted by molar-refractivity contribution is -0.120. The summed E-state index contributed by atoms with van der Waals surface area (Å²) in [5.41, 5.74) is 0.615. The molecular weight excluding hydrogens is 450 g/mol. The first-order chi connectivity index (χ1) is 15.4. The Bertz CT molecular complexity index is 1080. The molecule has 172 valence electrons. The van der Waals surface area contributed by atoms with Crippen LogP contribution in [0.4, 0.5) is 0 Å². The number of aromatic nitrogens is 3. The first kappa shape index (κ1) is 24.2. The van der Waals surface area contributed by atoms with E-state index in [2.05, 4.69) is 28.7 Å². The van der Waals surface area contributed by atoms with Crippen LogP contribution in [-0.4, -0.2) is 71.5 Å². The molecule has 1 N–H and O–H groups in total. The first-order valence-corrected chi connectivity index (χ1v) is 12.5. The maximum Gasteiger partial charge on any atom is 0.243 e. The van der Waals surface area contributed by atoms with Gasteiger partial charge >= 0.3 is 0 Å². The SMILES string of the molecule is C=CCNC(=O)C(C)Sc1nnc(-c2cccc(S(=O)(=O)N3CCOCC3)c2)n1CC=C. The molecule has 1 aromatic heterocycles. The van der Waals surface area contributed by atoms with Crippen LogP contribution in [0.3, 0.4) is 0 Å². The van der Waals surface area contributed by atoms with E-state index < -0.39 is 15.3 Å². The fourth-order valence-corrected chi connectivity index (χ4v) is 5.48. The quantitative estimate of drug-likeness (QED) is 0.412. The molecule has 1 saturated heterocycles. The van der Waals surface area contributed by atoms with Crippen LogP contribution >= 0.6 is 11.8 Å². The number of thioether (sulfide) groups is 1. The van der Waals surface area contributed by atoms with Gasteiger partial charge in [-0.05, 0) is 19.1 Å². The van der Waals surface area contributed by atoms with Crippen LogP contribution in [0.15, 0.2) is 59.6 Å². The average molecular weight is 478 g/mol. The van der Waals surface area contributed by atoms with Crippen molar-refractivity contribution < 1.29 is 17.9 Å². The Labute approximate surface area is 192 Å². The van der Waals surface area contributed by atoms with Gasteiger partial charge in [0.25, 0.3) is 0 Å². The molecule has 9 nitrogen and oxygen atoms in total. The zero-order valence-corrected chi connectivity index (χ0v) is 19.6. The zero-order valence-electron chi connectivity index (χ0n) is 17.9. The minimum atomic E-state index is -3.64. The Morgan fingerprint density at radius 3 is 2.72 bits per heavy atom. The lowest BCUT2D eigenvalue weighted by atomic mass is 10.2. The van der Waals surface area contributed by atoms with Crippen molar-refractivity contribution in [1.82, 2.24) is 24.4 Å². The zero-order chi connectivity index (χ0) is 23.1. The highest BCUT2D eigenvalue weighted by molar-refractivity contribution is 8.00. The van der Waals surface area contributed by atoms with Crippen LogP contribution in [0.25, 0.3) is 11.4 Å². The molecule has 1 atom stereocenters. The van der Waals surface area contributed by atoms with Crippen molar-refractivity contribution in [2.45, 2.75) is 28.8 Å². The van der Waals surface area contributed by atoms with Gasteiger partial charge in [0.05, 0.1) is 23.4 Å². The highest BCUT2D eigenvalue weighted by atomic mass is 32.2. The normalized spacial score (nSPS) is 15.8. The van der Waals surface area contributed by atoms with Crippen LogP contribution in [0.2, 0.25) is 0 Å². The number of ether oxygens (including phenoxy) is 1. The third kappa shape index (κ3) is 5.47. The molecule has 3 rings (SSSR count). The number of allylic oxidation sites excluding steroid dienone is 1. The number of hydrogen-bond acceptors (Lipinski definition) is 7. The number of rotatable bonds is 10. The molecule has 0 saturated carbocycles. The Hall–Kier alpha value is -2.47. The van der Waals surface area contributed by atoms with Crippen molar-refractivity contribution in [3.05, 3.63) is 49.6 Å². The number of hydrogen-bond donors (Lipinski definition) is 1. The predicted octanol–water partition coefficient (Wildman–Crippen LogP) is 1.93. The molecule has 0 aliphatic carbocycles. The van der Waals surface area contributed by atoms with E-state index in [0.29, 0.717) is 55.9 Å². The second kappa shape index (κ2) is 10.9. The van der Waals surface area contributed by atoms with Crippen molar-refractivity contribution in [2.75, 3.05) is 32.8 Å². The van der Waals surface area contributed by atoms with E-state index in [1.807, 2.05) is 4.57 Å². The number of benzene rings is 1. The summed E-state index contributed by atoms with van der Waals surface area (Å²) in [6.07, 6.45) is 3.32. The van der Waals surface area contributed by atoms with E-state index >= 15 is 0 Å². The lowest BCUT2D eigenvalue weighted by Gasteiger charge is -2.26. The third-order valence-electron chi connectivity index (χ3n) is 4.80. The molecular formula is C21H27N5O4S2. The van der Waals surface area contributed by atoms with E-state index in [1.54, 1.807) is 43.3 Å². The summed E-state index contributed by atoms with van der Waals surface area (Å²) in [6.45, 7) is 11.4. The fourth-order valence-electron chi connectivity index (χ4n) is 3.14. The van der Waals surface area contributed by atoms with Gasteiger partial charge in [-0.3, -0.25) is 9.36 Å². The van der Waals surface area contributed by atoms with Crippen LogP contribution in [0, 0.1) is 0 Å². The third-order valence-corrected chi connectivity index (χ3v) is 7.78. The second-order valence-electron chi connectivity index (χ2n) is 7.04. The number of carbonyl (C=O) groups excluding carboxylic acids is 1. The lowest BCUT2D eigenvalue weighted by Crippen LogP contribution is -2.40. The Morgan fingerprint density at radius 1 is 1.28 bits per heavy atom. The largest absolute Gasteiger partial charge is 0.379 e. The summed E-state index contributed by atoms with van der Waals surface area (Å²) in [4.78, 5) is 12.4. The first-order valence-electron chi connectivity index (χ1n) is 10.2. The Morgan fingerprint density at radius 2 is 2.03 bits per heavy atom. The summed E-state index contributed by atoms with van der Waals surface area (Å²) < 4.78 is 34.6. The number of carbonyl (C=O) groups is 1. The Kier molecular flexibility index (Phi) is 8.24. The monoisotopic (exact) mass is 477 g/mol. The van der Waals surface area contributed by atoms with Crippen molar-refractivity contribution >= 4 is 27.7 Å². The van der Waals surface area contributed by atoms with Gasteiger partial charge in [0.15, 0.2) is 11.0 Å². The summed E-state index contributed by atoms with van der Waals surface area (Å²) in [7, 11) is -3.64. The van der Waals surface area contributed by atoms with Gasteiger partial charge in [0, 0.05) is 31.7 Å². The number of nitrogens with one attached hydrogen (secondary N) is 1. The molecule has 11 heteroatoms. The van der Waals surface area contributed by atoms with E-state index in [4.69, 9.17) is 4.74 Å². The molecule has 0 spiro atoms. The van der Waals surface area contributed by atoms with Crippen molar-refractivity contribution in [3.63, 3.8) is 0 Å². The molecule has 1 fully saturated rings. The summed E-state index contributed by atoms with van der Waals surface area (Å²) in [6, 6.07) is 6.65. The molecule has 2 heterocycles. The minimum Gasteiger partial charge on any atom is -0.379 e. The molecule has 1 aromatic carbocycles. The molecule has 2 aromatic rings. The van der Waals surface area contributed by atoms with Crippen molar-refractivity contribution in [1.29, 1.82) is 0 Å². The summed E-state index contributed by atoms with van der Waals surface area (Å²) in [5.74, 6) is 0.369. The topological polar surface area (TPSA) is 106 Å².